The van der Waals surface area contributed by atoms with E-state index in [1.54, 1.807) is 0 Å². The highest BCUT2D eigenvalue weighted by Gasteiger charge is 2.15. The quantitative estimate of drug-likeness (QED) is 0.454. The topological polar surface area (TPSA) is 76.7 Å². The number of benzene rings is 1. The molecule has 0 unspecified atom stereocenters. The van der Waals surface area contributed by atoms with Crippen LogP contribution in [0.15, 0.2) is 18.2 Å². The van der Waals surface area contributed by atoms with E-state index in [0.29, 0.717) is 6.54 Å². The molecule has 2 N–H and O–H groups in total. The first-order valence-corrected chi connectivity index (χ1v) is 6.30. The zero-order valence-corrected chi connectivity index (χ0v) is 11.7. The first-order valence-electron chi connectivity index (χ1n) is 5.93. The predicted octanol–water partition coefficient (Wildman–Crippen LogP) is 0.513. The largest absolute Gasteiger partial charge is 0.352 e. The number of hydrogen-bond donors (Lipinski definition) is 2. The van der Waals surface area contributed by atoms with Crippen molar-refractivity contribution in [3.8, 4) is 0 Å². The molecule has 1 aromatic carbocycles. The van der Waals surface area contributed by atoms with Gasteiger partial charge in [-0.3, -0.25) is 14.9 Å². The van der Waals surface area contributed by atoms with E-state index in [0.717, 1.165) is 13.0 Å². The molecule has 0 saturated carbocycles. The normalized spacial score (nSPS) is 10.5. The molecule has 0 aliphatic carbocycles. The Morgan fingerprint density at radius 2 is 2.16 bits per heavy atom. The number of carbonyl (C=O) groups is 1. The van der Waals surface area contributed by atoms with Crippen LogP contribution in [0.5, 0.6) is 0 Å². The zero-order valence-electron chi connectivity index (χ0n) is 10.9. The molecule has 1 aromatic rings. The van der Waals surface area contributed by atoms with Gasteiger partial charge in [0.25, 0.3) is 11.6 Å². The van der Waals surface area contributed by atoms with E-state index in [2.05, 4.69) is 5.32 Å². The zero-order chi connectivity index (χ0) is 14.4. The molecule has 7 heteroatoms. The first kappa shape index (κ1) is 15.4. The van der Waals surface area contributed by atoms with Crippen LogP contribution in [0.2, 0.25) is 5.02 Å². The van der Waals surface area contributed by atoms with Crippen LogP contribution in [0.25, 0.3) is 0 Å². The lowest BCUT2D eigenvalue weighted by Gasteiger charge is -2.08. The Hall–Kier alpha value is -1.66. The molecule has 0 atom stereocenters. The summed E-state index contributed by atoms with van der Waals surface area (Å²) in [6.07, 6.45) is 0.851. The number of nitrogens with zero attached hydrogens (tertiary/aromatic N) is 1. The Morgan fingerprint density at radius 1 is 1.47 bits per heavy atom. The van der Waals surface area contributed by atoms with Crippen molar-refractivity contribution in [3.05, 3.63) is 38.9 Å². The van der Waals surface area contributed by atoms with Gasteiger partial charge in [-0.1, -0.05) is 11.6 Å². The molecule has 0 aliphatic heterocycles. The Labute approximate surface area is 116 Å². The average molecular weight is 287 g/mol. The number of nitro groups is 1. The van der Waals surface area contributed by atoms with Crippen molar-refractivity contribution in [2.45, 2.75) is 6.42 Å². The summed E-state index contributed by atoms with van der Waals surface area (Å²) in [5.41, 5.74) is -0.0136. The molecule has 0 radical (unpaired) electrons. The summed E-state index contributed by atoms with van der Waals surface area (Å²) in [5.74, 6) is -0.325. The maximum absolute atomic E-state index is 11.8. The fourth-order valence-corrected chi connectivity index (χ4v) is 1.73. The van der Waals surface area contributed by atoms with Crippen molar-refractivity contribution < 1.29 is 14.6 Å². The number of amides is 1. The van der Waals surface area contributed by atoms with E-state index in [4.69, 9.17) is 11.6 Å². The van der Waals surface area contributed by atoms with E-state index in [-0.39, 0.29) is 22.2 Å². The fourth-order valence-electron chi connectivity index (χ4n) is 1.54. The molecular formula is C12H17ClN3O3+. The van der Waals surface area contributed by atoms with Crippen LogP contribution in [0, 0.1) is 10.1 Å². The summed E-state index contributed by atoms with van der Waals surface area (Å²) < 4.78 is 0. The van der Waals surface area contributed by atoms with E-state index >= 15 is 0 Å². The third-order valence-electron chi connectivity index (χ3n) is 2.54. The van der Waals surface area contributed by atoms with Gasteiger partial charge in [0.2, 0.25) is 0 Å². The predicted molar refractivity (Wildman–Crippen MR) is 72.7 cm³/mol. The minimum Gasteiger partial charge on any atom is -0.352 e. The Bertz CT molecular complexity index is 477. The van der Waals surface area contributed by atoms with Crippen LogP contribution in [-0.2, 0) is 0 Å². The Balaban J connectivity index is 2.62. The molecule has 6 nitrogen and oxygen atoms in total. The highest BCUT2D eigenvalue weighted by atomic mass is 35.5. The van der Waals surface area contributed by atoms with Crippen LogP contribution in [0.1, 0.15) is 16.8 Å². The van der Waals surface area contributed by atoms with Gasteiger partial charge in [0.05, 0.1) is 25.6 Å². The summed E-state index contributed by atoms with van der Waals surface area (Å²) in [4.78, 5) is 23.2. The minimum atomic E-state index is -0.603. The molecule has 0 saturated heterocycles. The van der Waals surface area contributed by atoms with Gasteiger partial charge >= 0.3 is 0 Å². The summed E-state index contributed by atoms with van der Waals surface area (Å²) in [7, 11) is 4.06. The van der Waals surface area contributed by atoms with Crippen LogP contribution in [0.3, 0.4) is 0 Å². The number of nitro benzene ring substituents is 1. The van der Waals surface area contributed by atoms with Gasteiger partial charge in [-0.15, -0.1) is 0 Å². The monoisotopic (exact) mass is 286 g/mol. The first-order chi connectivity index (χ1) is 8.91. The van der Waals surface area contributed by atoms with Crippen molar-refractivity contribution in [1.82, 2.24) is 5.32 Å². The van der Waals surface area contributed by atoms with Gasteiger partial charge in [-0.25, -0.2) is 0 Å². The third kappa shape index (κ3) is 4.84. The van der Waals surface area contributed by atoms with Gasteiger partial charge < -0.3 is 10.2 Å². The van der Waals surface area contributed by atoms with Gasteiger partial charge in [-0.05, 0) is 12.1 Å². The summed E-state index contributed by atoms with van der Waals surface area (Å²) >= 11 is 5.68. The summed E-state index contributed by atoms with van der Waals surface area (Å²) in [6, 6.07) is 4.02. The molecule has 0 fully saturated rings. The SMILES string of the molecule is C[NH+](C)CCCNC(=O)c1ccc(Cl)c([N+](=O)[O-])c1. The van der Waals surface area contributed by atoms with Gasteiger partial charge in [0.1, 0.15) is 5.02 Å². The lowest BCUT2D eigenvalue weighted by Crippen LogP contribution is -3.05. The maximum atomic E-state index is 11.8. The van der Waals surface area contributed by atoms with Crippen molar-refractivity contribution in [2.24, 2.45) is 0 Å². The second kappa shape index (κ2) is 7.06. The van der Waals surface area contributed by atoms with E-state index in [1.165, 1.54) is 23.1 Å². The Morgan fingerprint density at radius 3 is 2.74 bits per heavy atom. The second-order valence-corrected chi connectivity index (χ2v) is 4.90. The van der Waals surface area contributed by atoms with Crippen LogP contribution < -0.4 is 10.2 Å². The molecule has 0 aliphatic rings. The van der Waals surface area contributed by atoms with Crippen LogP contribution in [0.4, 0.5) is 5.69 Å². The molecule has 0 aromatic heterocycles. The third-order valence-corrected chi connectivity index (χ3v) is 2.86. The van der Waals surface area contributed by atoms with Crippen LogP contribution in [-0.4, -0.2) is 38.0 Å². The standard InChI is InChI=1S/C12H16ClN3O3/c1-15(2)7-3-6-14-12(17)9-4-5-10(13)11(8-9)16(18)19/h4-5,8H,3,6-7H2,1-2H3,(H,14,17)/p+1. The molecule has 1 amide bonds. The second-order valence-electron chi connectivity index (χ2n) is 4.49. The van der Waals surface area contributed by atoms with E-state index in [9.17, 15) is 14.9 Å². The number of halogens is 1. The summed E-state index contributed by atoms with van der Waals surface area (Å²) in [6.45, 7) is 1.49. The molecule has 0 bridgehead atoms. The minimum absolute atomic E-state index is 0.0257. The highest BCUT2D eigenvalue weighted by Crippen LogP contribution is 2.24. The summed E-state index contributed by atoms with van der Waals surface area (Å²) in [5, 5.41) is 13.5. The fraction of sp³-hybridized carbons (Fsp3) is 0.417. The van der Waals surface area contributed by atoms with E-state index in [1.807, 2.05) is 14.1 Å². The average Bonchev–Trinajstić information content (AvgIpc) is 2.34. The number of carbonyl (C=O) groups excluding carboxylic acids is 1. The maximum Gasteiger partial charge on any atom is 0.288 e. The Kier molecular flexibility index (Phi) is 5.72. The van der Waals surface area contributed by atoms with Crippen molar-refractivity contribution in [3.63, 3.8) is 0 Å². The number of hydrogen-bond acceptors (Lipinski definition) is 3. The van der Waals surface area contributed by atoms with Gasteiger partial charge in [0.15, 0.2) is 0 Å². The lowest BCUT2D eigenvalue weighted by molar-refractivity contribution is -0.858. The molecule has 0 spiro atoms. The molecule has 0 heterocycles. The number of rotatable bonds is 6. The number of nitrogens with one attached hydrogen (secondary N) is 2. The number of quaternary nitrogens is 1. The smallest absolute Gasteiger partial charge is 0.288 e. The van der Waals surface area contributed by atoms with Gasteiger partial charge in [-0.2, -0.15) is 0 Å². The molecule has 1 rings (SSSR count). The van der Waals surface area contributed by atoms with Crippen molar-refractivity contribution in [2.75, 3.05) is 27.2 Å². The highest BCUT2D eigenvalue weighted by molar-refractivity contribution is 6.32. The van der Waals surface area contributed by atoms with Crippen molar-refractivity contribution >= 4 is 23.2 Å². The van der Waals surface area contributed by atoms with Crippen molar-refractivity contribution in [1.29, 1.82) is 0 Å². The van der Waals surface area contributed by atoms with E-state index < -0.39 is 4.92 Å². The lowest BCUT2D eigenvalue weighted by atomic mass is 10.2. The molecular weight excluding hydrogens is 270 g/mol. The van der Waals surface area contributed by atoms with Gasteiger partial charge in [0, 0.05) is 24.6 Å². The molecule has 19 heavy (non-hydrogen) atoms. The van der Waals surface area contributed by atoms with Crippen LogP contribution >= 0.6 is 11.6 Å². The molecule has 104 valence electrons.